The molecule has 25 heavy (non-hydrogen) atoms. The van der Waals surface area contributed by atoms with E-state index < -0.39 is 6.09 Å². The van der Waals surface area contributed by atoms with Gasteiger partial charge in [0.05, 0.1) is 24.9 Å². The smallest absolute Gasteiger partial charge is 0.419 e. The van der Waals surface area contributed by atoms with E-state index in [1.807, 2.05) is 0 Å². The van der Waals surface area contributed by atoms with Crippen LogP contribution in [0.4, 0.5) is 4.79 Å². The first-order valence-corrected chi connectivity index (χ1v) is 8.04. The topological polar surface area (TPSA) is 86.6 Å². The Bertz CT molecular complexity index is 822. The second-order valence-corrected chi connectivity index (χ2v) is 5.53. The van der Waals surface area contributed by atoms with E-state index in [1.165, 1.54) is 18.4 Å². The normalized spacial score (nSPS) is 10.6. The minimum atomic E-state index is -0.603. The lowest BCUT2D eigenvalue weighted by molar-refractivity contribution is -0.118. The number of carbonyl (C=O) groups excluding carboxylic acids is 3. The van der Waals surface area contributed by atoms with Crippen LogP contribution in [0.15, 0.2) is 18.2 Å². The number of hydrogen-bond acceptors (Lipinski definition) is 5. The highest BCUT2D eigenvalue weighted by Crippen LogP contribution is 2.30. The molecule has 0 spiro atoms. The molecule has 2 rings (SSSR count). The van der Waals surface area contributed by atoms with E-state index in [-0.39, 0.29) is 24.0 Å². The van der Waals surface area contributed by atoms with E-state index in [9.17, 15) is 14.4 Å². The van der Waals surface area contributed by atoms with Gasteiger partial charge in [0.25, 0.3) is 0 Å². The van der Waals surface area contributed by atoms with Gasteiger partial charge in [-0.15, -0.1) is 0 Å². The minimum absolute atomic E-state index is 0.156. The number of methoxy groups -OCH3 is 1. The zero-order valence-corrected chi connectivity index (χ0v) is 14.8. The van der Waals surface area contributed by atoms with E-state index in [4.69, 9.17) is 9.47 Å². The fraction of sp³-hybridized carbons (Fsp3) is 0.389. The van der Waals surface area contributed by atoms with Gasteiger partial charge >= 0.3 is 6.09 Å². The van der Waals surface area contributed by atoms with Gasteiger partial charge in [-0.05, 0) is 37.1 Å². The Kier molecular flexibility index (Phi) is 5.80. The van der Waals surface area contributed by atoms with E-state index in [2.05, 4.69) is 5.32 Å². The lowest BCUT2D eigenvalue weighted by Gasteiger charge is -2.08. The van der Waals surface area contributed by atoms with Crippen LogP contribution in [0.25, 0.3) is 10.9 Å². The monoisotopic (exact) mass is 346 g/mol. The Balaban J connectivity index is 2.67. The number of fused-ring (bicyclic) bond motifs is 1. The number of benzene rings is 1. The number of carbonyl (C=O) groups is 3. The van der Waals surface area contributed by atoms with Crippen LogP contribution in [-0.4, -0.2) is 42.6 Å². The van der Waals surface area contributed by atoms with Crippen LogP contribution in [0.5, 0.6) is 5.75 Å². The highest BCUT2D eigenvalue weighted by molar-refractivity contribution is 6.06. The predicted octanol–water partition coefficient (Wildman–Crippen LogP) is 2.54. The molecule has 2 aromatic rings. The molecule has 7 nitrogen and oxygen atoms in total. The summed E-state index contributed by atoms with van der Waals surface area (Å²) >= 11 is 0. The Labute approximate surface area is 145 Å². The fourth-order valence-corrected chi connectivity index (χ4v) is 2.83. The van der Waals surface area contributed by atoms with Gasteiger partial charge in [-0.25, -0.2) is 9.36 Å². The number of hydrogen-bond donors (Lipinski definition) is 1. The van der Waals surface area contributed by atoms with Gasteiger partial charge in [0, 0.05) is 25.8 Å². The molecule has 1 heterocycles. The molecule has 0 saturated carbocycles. The number of Topliss-reactive ketones (excluding diaryl/α,β-unsaturated/α-hetero) is 1. The zero-order valence-electron chi connectivity index (χ0n) is 14.8. The van der Waals surface area contributed by atoms with Crippen molar-refractivity contribution < 1.29 is 23.9 Å². The Hall–Kier alpha value is -2.83. The van der Waals surface area contributed by atoms with Crippen molar-refractivity contribution in [2.45, 2.75) is 27.2 Å². The summed E-state index contributed by atoms with van der Waals surface area (Å²) in [5.41, 5.74) is 1.53. The molecule has 0 saturated heterocycles. The Morgan fingerprint density at radius 2 is 1.92 bits per heavy atom. The second kappa shape index (κ2) is 7.83. The predicted molar refractivity (Wildman–Crippen MR) is 93.3 cm³/mol. The SMILES string of the molecule is CCOC(=O)n1c(C(C)=O)c(CCNC(C)=O)c2cc(OC)ccc21. The van der Waals surface area contributed by atoms with Crippen molar-refractivity contribution in [3.8, 4) is 5.75 Å². The summed E-state index contributed by atoms with van der Waals surface area (Å²) in [5.74, 6) is 0.210. The molecule has 1 aromatic heterocycles. The van der Waals surface area contributed by atoms with Crippen LogP contribution in [0.2, 0.25) is 0 Å². The van der Waals surface area contributed by atoms with Crippen LogP contribution in [0.1, 0.15) is 36.8 Å². The summed E-state index contributed by atoms with van der Waals surface area (Å²) in [7, 11) is 1.55. The molecule has 0 unspecified atom stereocenters. The first kappa shape index (κ1) is 18.5. The Morgan fingerprint density at radius 3 is 2.48 bits per heavy atom. The largest absolute Gasteiger partial charge is 0.497 e. The molecule has 1 aromatic carbocycles. The number of nitrogens with zero attached hydrogens (tertiary/aromatic N) is 1. The third-order valence-electron chi connectivity index (χ3n) is 3.81. The van der Waals surface area contributed by atoms with Crippen molar-refractivity contribution >= 4 is 28.7 Å². The third kappa shape index (κ3) is 3.81. The zero-order chi connectivity index (χ0) is 18.6. The van der Waals surface area contributed by atoms with Crippen LogP contribution >= 0.6 is 0 Å². The maximum atomic E-state index is 12.4. The molecule has 0 atom stereocenters. The number of aromatic nitrogens is 1. The molecular weight excluding hydrogens is 324 g/mol. The van der Waals surface area contributed by atoms with Crippen molar-refractivity contribution in [2.24, 2.45) is 0 Å². The summed E-state index contributed by atoms with van der Waals surface area (Å²) in [6.45, 7) is 5.10. The Morgan fingerprint density at radius 1 is 1.20 bits per heavy atom. The summed E-state index contributed by atoms with van der Waals surface area (Å²) in [5, 5.41) is 3.44. The van der Waals surface area contributed by atoms with Gasteiger partial charge in [0.2, 0.25) is 5.91 Å². The lowest BCUT2D eigenvalue weighted by Crippen LogP contribution is -2.23. The average Bonchev–Trinajstić information content (AvgIpc) is 2.88. The number of amides is 1. The molecule has 1 N–H and O–H groups in total. The lowest BCUT2D eigenvalue weighted by atomic mass is 10.1. The fourth-order valence-electron chi connectivity index (χ4n) is 2.83. The second-order valence-electron chi connectivity index (χ2n) is 5.53. The number of ketones is 1. The number of nitrogens with one attached hydrogen (secondary N) is 1. The molecule has 0 fully saturated rings. The first-order valence-electron chi connectivity index (χ1n) is 8.04. The van der Waals surface area contributed by atoms with Gasteiger partial charge in [0.15, 0.2) is 5.78 Å². The van der Waals surface area contributed by atoms with E-state index in [0.717, 1.165) is 5.39 Å². The maximum absolute atomic E-state index is 12.4. The molecule has 134 valence electrons. The van der Waals surface area contributed by atoms with Gasteiger partial charge < -0.3 is 14.8 Å². The average molecular weight is 346 g/mol. The van der Waals surface area contributed by atoms with Crippen molar-refractivity contribution in [3.05, 3.63) is 29.5 Å². The van der Waals surface area contributed by atoms with Crippen molar-refractivity contribution in [3.63, 3.8) is 0 Å². The third-order valence-corrected chi connectivity index (χ3v) is 3.81. The first-order chi connectivity index (χ1) is 11.9. The van der Waals surface area contributed by atoms with E-state index in [1.54, 1.807) is 32.2 Å². The number of ether oxygens (including phenoxy) is 2. The molecule has 0 aliphatic heterocycles. The highest BCUT2D eigenvalue weighted by atomic mass is 16.5. The summed E-state index contributed by atoms with van der Waals surface area (Å²) in [6, 6.07) is 5.22. The van der Waals surface area contributed by atoms with Gasteiger partial charge in [-0.1, -0.05) is 0 Å². The number of rotatable bonds is 6. The minimum Gasteiger partial charge on any atom is -0.497 e. The van der Waals surface area contributed by atoms with E-state index >= 15 is 0 Å². The summed E-state index contributed by atoms with van der Waals surface area (Å²) < 4.78 is 11.7. The summed E-state index contributed by atoms with van der Waals surface area (Å²) in [6.07, 6.45) is -0.196. The quantitative estimate of drug-likeness (QED) is 0.812. The van der Waals surface area contributed by atoms with Crippen LogP contribution < -0.4 is 10.1 Å². The maximum Gasteiger partial charge on any atom is 0.419 e. The molecular formula is C18H22N2O5. The van der Waals surface area contributed by atoms with Crippen molar-refractivity contribution in [1.82, 2.24) is 9.88 Å². The van der Waals surface area contributed by atoms with Crippen LogP contribution in [0, 0.1) is 0 Å². The van der Waals surface area contributed by atoms with Crippen molar-refractivity contribution in [1.29, 1.82) is 0 Å². The molecule has 7 heteroatoms. The van der Waals surface area contributed by atoms with Crippen molar-refractivity contribution in [2.75, 3.05) is 20.3 Å². The summed E-state index contributed by atoms with van der Waals surface area (Å²) in [4.78, 5) is 35.8. The van der Waals surface area contributed by atoms with E-state index in [0.29, 0.717) is 29.8 Å². The standard InChI is InChI=1S/C18H22N2O5/c1-5-25-18(23)20-16-7-6-13(24-4)10-15(16)14(17(20)11(2)21)8-9-19-12(3)22/h6-7,10H,5,8-9H2,1-4H3,(H,19,22). The molecule has 0 radical (unpaired) electrons. The molecule has 0 aliphatic carbocycles. The van der Waals surface area contributed by atoms with Gasteiger partial charge in [-0.3, -0.25) is 9.59 Å². The highest BCUT2D eigenvalue weighted by Gasteiger charge is 2.25. The molecule has 1 amide bonds. The molecule has 0 aliphatic rings. The van der Waals surface area contributed by atoms with Crippen LogP contribution in [0.3, 0.4) is 0 Å². The van der Waals surface area contributed by atoms with Gasteiger partial charge in [0.1, 0.15) is 5.75 Å². The van der Waals surface area contributed by atoms with Crippen LogP contribution in [-0.2, 0) is 16.0 Å². The molecule has 0 bridgehead atoms. The van der Waals surface area contributed by atoms with Gasteiger partial charge in [-0.2, -0.15) is 0 Å².